The molecule has 0 aromatic rings. The third kappa shape index (κ3) is 4.47. The van der Waals surface area contributed by atoms with Crippen LogP contribution in [0.3, 0.4) is 0 Å². The monoisotopic (exact) mass is 432 g/mol. The Morgan fingerprint density at radius 1 is 1.32 bits per heavy atom. The second-order valence-corrected chi connectivity index (χ2v) is 9.42. The van der Waals surface area contributed by atoms with Gasteiger partial charge in [-0.1, -0.05) is 38.2 Å². The lowest BCUT2D eigenvalue weighted by atomic mass is 9.46. The summed E-state index contributed by atoms with van der Waals surface area (Å²) in [6.07, 6.45) is 7.63. The fourth-order valence-electron chi connectivity index (χ4n) is 5.80. The Balaban J connectivity index is 1.82. The lowest BCUT2D eigenvalue weighted by molar-refractivity contribution is -0.185. The molecule has 3 aliphatic rings. The third-order valence-electron chi connectivity index (χ3n) is 7.56. The van der Waals surface area contributed by atoms with Crippen molar-refractivity contribution in [2.75, 3.05) is 13.2 Å². The number of hydrogen-bond donors (Lipinski definition) is 2. The quantitative estimate of drug-likeness (QED) is 0.470. The first-order valence-electron chi connectivity index (χ1n) is 10.9. The first-order valence-corrected chi connectivity index (χ1v) is 10.9. The summed E-state index contributed by atoms with van der Waals surface area (Å²) in [7, 11) is 0. The summed E-state index contributed by atoms with van der Waals surface area (Å²) in [6.45, 7) is 8.59. The molecule has 1 unspecified atom stereocenters. The Bertz CT molecular complexity index is 826. The SMILES string of the molecule is C=C1CCC2[C@](C)(CO)[C@H](OC(=O)CCC(=O)O)CC[C@@]2(C)[C@@H]1/C=C/C1=CCOC1=O. The smallest absolute Gasteiger partial charge is 0.338 e. The highest BCUT2D eigenvalue weighted by Gasteiger charge is 2.58. The fourth-order valence-corrected chi connectivity index (χ4v) is 5.80. The van der Waals surface area contributed by atoms with Crippen LogP contribution >= 0.6 is 0 Å². The highest BCUT2D eigenvalue weighted by atomic mass is 16.5. The summed E-state index contributed by atoms with van der Waals surface area (Å²) in [6, 6.07) is 0. The van der Waals surface area contributed by atoms with Crippen LogP contribution in [0.4, 0.5) is 0 Å². The number of carbonyl (C=O) groups excluding carboxylic acids is 2. The molecular formula is C24H32O7. The Labute approximate surface area is 182 Å². The molecule has 1 aliphatic heterocycles. The molecule has 2 N–H and O–H groups in total. The second-order valence-electron chi connectivity index (χ2n) is 9.42. The van der Waals surface area contributed by atoms with Crippen molar-refractivity contribution in [3.63, 3.8) is 0 Å². The Morgan fingerprint density at radius 3 is 2.68 bits per heavy atom. The molecule has 0 aromatic carbocycles. The minimum Gasteiger partial charge on any atom is -0.481 e. The molecule has 0 saturated heterocycles. The number of fused-ring (bicyclic) bond motifs is 1. The second kappa shape index (κ2) is 8.99. The lowest BCUT2D eigenvalue weighted by Crippen LogP contribution is -2.58. The first-order chi connectivity index (χ1) is 14.6. The van der Waals surface area contributed by atoms with Gasteiger partial charge in [0.2, 0.25) is 0 Å². The number of rotatable bonds is 7. The molecule has 31 heavy (non-hydrogen) atoms. The van der Waals surface area contributed by atoms with Gasteiger partial charge < -0.3 is 19.7 Å². The van der Waals surface area contributed by atoms with Gasteiger partial charge in [-0.05, 0) is 43.1 Å². The molecule has 0 aromatic heterocycles. The van der Waals surface area contributed by atoms with E-state index in [0.29, 0.717) is 18.6 Å². The van der Waals surface area contributed by atoms with E-state index in [1.54, 1.807) is 6.08 Å². The van der Waals surface area contributed by atoms with Crippen LogP contribution in [0.25, 0.3) is 0 Å². The van der Waals surface area contributed by atoms with Gasteiger partial charge in [0.25, 0.3) is 0 Å². The van der Waals surface area contributed by atoms with Crippen molar-refractivity contribution in [3.05, 3.63) is 36.0 Å². The van der Waals surface area contributed by atoms with Gasteiger partial charge in [0.1, 0.15) is 12.7 Å². The average Bonchev–Trinajstić information content (AvgIpc) is 3.13. The standard InChI is InChI=1S/C24H32O7/c1-15-4-7-18-23(2,17(15)6-5-16-11-13-30-22(16)29)12-10-19(24(18,3)14-25)31-21(28)9-8-20(26)27/h5-6,11,17-19,25H,1,4,7-10,12-14H2,2-3H3,(H,26,27)/b6-5+/t17-,18?,19-,23+,24+/m1/s1. The van der Waals surface area contributed by atoms with E-state index in [0.717, 1.165) is 24.8 Å². The zero-order chi connectivity index (χ0) is 22.8. The normalized spacial score (nSPS) is 35.5. The van der Waals surface area contributed by atoms with E-state index in [9.17, 15) is 19.5 Å². The Hall–Kier alpha value is -2.41. The maximum atomic E-state index is 12.2. The van der Waals surface area contributed by atoms with Gasteiger partial charge in [0.15, 0.2) is 0 Å². The number of aliphatic carboxylic acids is 1. The number of allylic oxidation sites excluding steroid dienone is 2. The average molecular weight is 433 g/mol. The van der Waals surface area contributed by atoms with Gasteiger partial charge in [-0.2, -0.15) is 0 Å². The van der Waals surface area contributed by atoms with Crippen molar-refractivity contribution in [1.82, 2.24) is 0 Å². The number of cyclic esters (lactones) is 1. The molecule has 170 valence electrons. The Morgan fingerprint density at radius 2 is 2.06 bits per heavy atom. The van der Waals surface area contributed by atoms with Gasteiger partial charge >= 0.3 is 17.9 Å². The number of carboxylic acid groups (broad SMARTS) is 1. The molecule has 2 saturated carbocycles. The molecule has 2 aliphatic carbocycles. The van der Waals surface area contributed by atoms with Gasteiger partial charge in [0, 0.05) is 11.3 Å². The number of carbonyl (C=O) groups is 3. The topological polar surface area (TPSA) is 110 Å². The number of esters is 2. The molecule has 0 amide bonds. The third-order valence-corrected chi connectivity index (χ3v) is 7.56. The van der Waals surface area contributed by atoms with E-state index in [-0.39, 0.29) is 42.7 Å². The molecule has 0 bridgehead atoms. The van der Waals surface area contributed by atoms with Crippen molar-refractivity contribution >= 4 is 17.9 Å². The van der Waals surface area contributed by atoms with Crippen molar-refractivity contribution < 1.29 is 34.1 Å². The minimum absolute atomic E-state index is 0.0232. The van der Waals surface area contributed by atoms with Crippen LogP contribution in [0.15, 0.2) is 36.0 Å². The van der Waals surface area contributed by atoms with Gasteiger partial charge in [-0.15, -0.1) is 0 Å². The molecule has 7 heteroatoms. The molecule has 7 nitrogen and oxygen atoms in total. The molecule has 3 rings (SSSR count). The number of aliphatic hydroxyl groups is 1. The summed E-state index contributed by atoms with van der Waals surface area (Å²) < 4.78 is 10.7. The zero-order valence-corrected chi connectivity index (χ0v) is 18.3. The van der Waals surface area contributed by atoms with Crippen molar-refractivity contribution in [1.29, 1.82) is 0 Å². The highest BCUT2D eigenvalue weighted by molar-refractivity contribution is 5.93. The number of ether oxygens (including phenoxy) is 2. The molecule has 2 fully saturated rings. The molecule has 0 radical (unpaired) electrons. The van der Waals surface area contributed by atoms with E-state index in [2.05, 4.69) is 13.5 Å². The largest absolute Gasteiger partial charge is 0.481 e. The molecule has 1 heterocycles. The van der Waals surface area contributed by atoms with Crippen molar-refractivity contribution in [2.45, 2.75) is 58.5 Å². The van der Waals surface area contributed by atoms with Gasteiger partial charge in [0.05, 0.1) is 25.0 Å². The maximum Gasteiger partial charge on any atom is 0.338 e. The van der Waals surface area contributed by atoms with Crippen LogP contribution in [0, 0.1) is 22.7 Å². The fraction of sp³-hybridized carbons (Fsp3) is 0.625. The van der Waals surface area contributed by atoms with E-state index in [4.69, 9.17) is 14.6 Å². The van der Waals surface area contributed by atoms with Crippen LogP contribution in [0.2, 0.25) is 0 Å². The van der Waals surface area contributed by atoms with Gasteiger partial charge in [-0.25, -0.2) is 4.79 Å². The van der Waals surface area contributed by atoms with E-state index < -0.39 is 23.5 Å². The predicted octanol–water partition coefficient (Wildman–Crippen LogP) is 3.18. The first kappa shape index (κ1) is 23.3. The van der Waals surface area contributed by atoms with Crippen LogP contribution in [0.5, 0.6) is 0 Å². The number of aliphatic hydroxyl groups excluding tert-OH is 1. The summed E-state index contributed by atoms with van der Waals surface area (Å²) in [5.74, 6) is -1.81. The van der Waals surface area contributed by atoms with Crippen LogP contribution in [0.1, 0.15) is 52.4 Å². The minimum atomic E-state index is -1.04. The maximum absolute atomic E-state index is 12.2. The predicted molar refractivity (Wildman–Crippen MR) is 113 cm³/mol. The molecule has 0 spiro atoms. The van der Waals surface area contributed by atoms with Crippen LogP contribution in [-0.4, -0.2) is 47.4 Å². The van der Waals surface area contributed by atoms with Crippen LogP contribution < -0.4 is 0 Å². The summed E-state index contributed by atoms with van der Waals surface area (Å²) >= 11 is 0. The van der Waals surface area contributed by atoms with Crippen LogP contribution in [-0.2, 0) is 23.9 Å². The van der Waals surface area contributed by atoms with E-state index in [1.165, 1.54) is 0 Å². The van der Waals surface area contributed by atoms with Crippen molar-refractivity contribution in [3.8, 4) is 0 Å². The lowest BCUT2D eigenvalue weighted by Gasteiger charge is -2.59. The summed E-state index contributed by atoms with van der Waals surface area (Å²) in [4.78, 5) is 34.8. The number of hydrogen-bond acceptors (Lipinski definition) is 6. The summed E-state index contributed by atoms with van der Waals surface area (Å²) in [5, 5.41) is 19.2. The molecular weight excluding hydrogens is 400 g/mol. The van der Waals surface area contributed by atoms with Gasteiger partial charge in [-0.3, -0.25) is 9.59 Å². The Kier molecular flexibility index (Phi) is 6.74. The van der Waals surface area contributed by atoms with Crippen molar-refractivity contribution in [2.24, 2.45) is 22.7 Å². The zero-order valence-electron chi connectivity index (χ0n) is 18.3. The van der Waals surface area contributed by atoms with E-state index in [1.807, 2.05) is 19.1 Å². The molecule has 5 atom stereocenters. The van der Waals surface area contributed by atoms with E-state index >= 15 is 0 Å². The highest BCUT2D eigenvalue weighted by Crippen LogP contribution is 2.61. The summed E-state index contributed by atoms with van der Waals surface area (Å²) in [5.41, 5.74) is 0.782. The number of carboxylic acids is 1.